The monoisotopic (exact) mass is 486 g/mol. The molecule has 0 unspecified atom stereocenters. The maximum Gasteiger partial charge on any atom is 0.336 e. The van der Waals surface area contributed by atoms with Gasteiger partial charge in [0.05, 0.1) is 29.8 Å². The molecule has 4 fully saturated rings. The summed E-state index contributed by atoms with van der Waals surface area (Å²) >= 11 is 0. The molecule has 0 radical (unpaired) electrons. The summed E-state index contributed by atoms with van der Waals surface area (Å²) in [5, 5.41) is 32.1. The Balaban J connectivity index is 1.31. The van der Waals surface area contributed by atoms with E-state index in [0.717, 1.165) is 24.8 Å². The van der Waals surface area contributed by atoms with Crippen LogP contribution in [0, 0.1) is 40.4 Å². The van der Waals surface area contributed by atoms with Gasteiger partial charge in [0.1, 0.15) is 17.8 Å². The minimum Gasteiger partial charge on any atom is -0.458 e. The maximum atomic E-state index is 13.3. The molecule has 4 aliphatic carbocycles. The Morgan fingerprint density at radius 2 is 1.89 bits per heavy atom. The van der Waals surface area contributed by atoms with Crippen LogP contribution in [0.2, 0.25) is 0 Å². The van der Waals surface area contributed by atoms with Crippen molar-refractivity contribution in [2.75, 3.05) is 6.61 Å². The SMILES string of the molecule is CC1=C(CO)C(=O)O[C@@H]([C@@H](C)[C@H]2CC[C@H]3[C@@H]4C[C@H]5O[C@]56[C@@H](O)C=CC(=O)[C@]6(C)[C@H]4C[C@@H](O)[C@]23C)C1. The molecule has 3 N–H and O–H groups in total. The Morgan fingerprint density at radius 3 is 2.57 bits per heavy atom. The second-order valence-electron chi connectivity index (χ2n) is 12.6. The van der Waals surface area contributed by atoms with Crippen LogP contribution in [0.15, 0.2) is 23.3 Å². The molecular weight excluding hydrogens is 448 g/mol. The number of epoxide rings is 1. The number of allylic oxidation sites excluding steroid dienone is 1. The third-order valence-electron chi connectivity index (χ3n) is 11.7. The minimum absolute atomic E-state index is 0.00906. The van der Waals surface area contributed by atoms with Gasteiger partial charge in [0.2, 0.25) is 0 Å². The number of ether oxygens (including phenoxy) is 2. The summed E-state index contributed by atoms with van der Waals surface area (Å²) in [6.45, 7) is 7.88. The first kappa shape index (κ1) is 23.8. The smallest absolute Gasteiger partial charge is 0.336 e. The van der Waals surface area contributed by atoms with Gasteiger partial charge in [-0.05, 0) is 86.7 Å². The van der Waals surface area contributed by atoms with E-state index in [1.54, 1.807) is 6.08 Å². The van der Waals surface area contributed by atoms with Gasteiger partial charge < -0.3 is 24.8 Å². The van der Waals surface area contributed by atoms with Crippen LogP contribution in [0.1, 0.15) is 59.8 Å². The molecule has 0 bridgehead atoms. The summed E-state index contributed by atoms with van der Waals surface area (Å²) in [4.78, 5) is 25.8. The van der Waals surface area contributed by atoms with Crippen molar-refractivity contribution in [3.8, 4) is 0 Å². The van der Waals surface area contributed by atoms with Crippen LogP contribution in [0.3, 0.4) is 0 Å². The van der Waals surface area contributed by atoms with Crippen LogP contribution in [0.5, 0.6) is 0 Å². The van der Waals surface area contributed by atoms with E-state index in [1.807, 2.05) is 13.8 Å². The molecule has 1 spiro atoms. The molecule has 0 aromatic heterocycles. The fourth-order valence-electron chi connectivity index (χ4n) is 9.65. The van der Waals surface area contributed by atoms with Crippen molar-refractivity contribution in [3.05, 3.63) is 23.3 Å². The van der Waals surface area contributed by atoms with E-state index in [-0.39, 0.29) is 59.6 Å². The van der Waals surface area contributed by atoms with Crippen LogP contribution < -0.4 is 0 Å². The standard InChI is InChI=1S/C28H38O7/c1-13-9-20(34-25(33)16(13)12-29)14(2)17-5-6-18-15-10-24-28(35-24)22(31)8-7-21(30)27(28,4)19(15)11-23(32)26(17,18)3/h7-8,14-15,17-20,22-24,29,31-32H,5-6,9-12H2,1-4H3/t14-,15-,17+,18-,19-,20+,22-,23+,24+,26+,27-,28+/m0/s1. The Morgan fingerprint density at radius 1 is 1.14 bits per heavy atom. The number of ketones is 1. The van der Waals surface area contributed by atoms with E-state index in [0.29, 0.717) is 18.4 Å². The lowest BCUT2D eigenvalue weighted by molar-refractivity contribution is -0.175. The number of esters is 1. The van der Waals surface area contributed by atoms with Crippen LogP contribution in [-0.4, -0.2) is 63.7 Å². The first-order chi connectivity index (χ1) is 16.5. The van der Waals surface area contributed by atoms with E-state index in [2.05, 4.69) is 13.8 Å². The van der Waals surface area contributed by atoms with Crippen molar-refractivity contribution in [1.29, 1.82) is 0 Å². The molecule has 1 saturated heterocycles. The average Bonchev–Trinajstić information content (AvgIpc) is 3.44. The highest BCUT2D eigenvalue weighted by molar-refractivity contribution is 5.98. The van der Waals surface area contributed by atoms with E-state index in [9.17, 15) is 24.9 Å². The van der Waals surface area contributed by atoms with Gasteiger partial charge in [-0.3, -0.25) is 4.79 Å². The molecule has 0 aromatic carbocycles. The lowest BCUT2D eigenvalue weighted by Gasteiger charge is -2.59. The highest BCUT2D eigenvalue weighted by Gasteiger charge is 2.80. The topological polar surface area (TPSA) is 117 Å². The molecule has 35 heavy (non-hydrogen) atoms. The Bertz CT molecular complexity index is 1030. The zero-order chi connectivity index (χ0) is 25.1. The summed E-state index contributed by atoms with van der Waals surface area (Å²) in [6.07, 6.45) is 5.15. The average molecular weight is 487 g/mol. The molecule has 3 saturated carbocycles. The summed E-state index contributed by atoms with van der Waals surface area (Å²) in [5.41, 5.74) is -0.777. The maximum absolute atomic E-state index is 13.3. The molecule has 7 nitrogen and oxygen atoms in total. The number of rotatable bonds is 3. The van der Waals surface area contributed by atoms with E-state index in [4.69, 9.17) is 9.47 Å². The van der Waals surface area contributed by atoms with Gasteiger partial charge in [0.15, 0.2) is 5.78 Å². The van der Waals surface area contributed by atoms with Gasteiger partial charge in [-0.25, -0.2) is 4.79 Å². The molecule has 2 aliphatic heterocycles. The van der Waals surface area contributed by atoms with Gasteiger partial charge in [-0.1, -0.05) is 19.4 Å². The lowest BCUT2D eigenvalue weighted by atomic mass is 9.43. The summed E-state index contributed by atoms with van der Waals surface area (Å²) < 4.78 is 12.0. The number of carbonyl (C=O) groups excluding carboxylic acids is 2. The largest absolute Gasteiger partial charge is 0.458 e. The summed E-state index contributed by atoms with van der Waals surface area (Å²) in [6, 6.07) is 0. The Labute approximate surface area is 206 Å². The van der Waals surface area contributed by atoms with Crippen LogP contribution in [0.25, 0.3) is 0 Å². The number of fused-ring (bicyclic) bond motifs is 4. The van der Waals surface area contributed by atoms with Crippen molar-refractivity contribution in [1.82, 2.24) is 0 Å². The van der Waals surface area contributed by atoms with Crippen molar-refractivity contribution in [2.45, 2.75) is 89.8 Å². The van der Waals surface area contributed by atoms with Gasteiger partial charge >= 0.3 is 5.97 Å². The van der Waals surface area contributed by atoms with Gasteiger partial charge in [-0.2, -0.15) is 0 Å². The zero-order valence-electron chi connectivity index (χ0n) is 21.1. The molecule has 6 aliphatic rings. The highest BCUT2D eigenvalue weighted by Crippen LogP contribution is 2.73. The molecular formula is C28H38O7. The summed E-state index contributed by atoms with van der Waals surface area (Å²) in [5.74, 6) is 0.258. The molecule has 7 heteroatoms. The quantitative estimate of drug-likeness (QED) is 0.414. The summed E-state index contributed by atoms with van der Waals surface area (Å²) in [7, 11) is 0. The number of hydrogen-bond acceptors (Lipinski definition) is 7. The molecule has 12 atom stereocenters. The third kappa shape index (κ3) is 2.76. The van der Waals surface area contributed by atoms with Crippen LogP contribution >= 0.6 is 0 Å². The van der Waals surface area contributed by atoms with Crippen molar-refractivity contribution in [3.63, 3.8) is 0 Å². The molecule has 0 aromatic rings. The molecule has 6 rings (SSSR count). The fourth-order valence-corrected chi connectivity index (χ4v) is 9.65. The zero-order valence-corrected chi connectivity index (χ0v) is 21.1. The predicted octanol–water partition coefficient (Wildman–Crippen LogP) is 2.32. The van der Waals surface area contributed by atoms with E-state index >= 15 is 0 Å². The first-order valence-electron chi connectivity index (χ1n) is 13.3. The van der Waals surface area contributed by atoms with Crippen molar-refractivity contribution >= 4 is 11.8 Å². The number of aliphatic hydroxyl groups is 3. The normalized spacial score (nSPS) is 53.3. The van der Waals surface area contributed by atoms with Gasteiger partial charge in [-0.15, -0.1) is 0 Å². The van der Waals surface area contributed by atoms with Crippen molar-refractivity contribution < 1.29 is 34.4 Å². The van der Waals surface area contributed by atoms with Crippen LogP contribution in [0.4, 0.5) is 0 Å². The number of cyclic esters (lactones) is 1. The number of carbonyl (C=O) groups is 2. The molecule has 2 heterocycles. The van der Waals surface area contributed by atoms with Gasteiger partial charge in [0.25, 0.3) is 0 Å². The van der Waals surface area contributed by atoms with E-state index < -0.39 is 29.2 Å². The van der Waals surface area contributed by atoms with E-state index in [1.165, 1.54) is 6.08 Å². The first-order valence-corrected chi connectivity index (χ1v) is 13.3. The minimum atomic E-state index is -0.844. The molecule has 192 valence electrons. The fraction of sp³-hybridized carbons (Fsp3) is 0.786. The third-order valence-corrected chi connectivity index (χ3v) is 11.7. The van der Waals surface area contributed by atoms with Crippen molar-refractivity contribution in [2.24, 2.45) is 40.4 Å². The van der Waals surface area contributed by atoms with Crippen LogP contribution in [-0.2, 0) is 19.1 Å². The second-order valence-corrected chi connectivity index (χ2v) is 12.6. The van der Waals surface area contributed by atoms with Gasteiger partial charge in [0, 0.05) is 6.42 Å². The lowest BCUT2D eigenvalue weighted by Crippen LogP contribution is -2.65. The molecule has 0 amide bonds. The number of aliphatic hydroxyl groups excluding tert-OH is 3. The highest BCUT2D eigenvalue weighted by atomic mass is 16.6. The Kier molecular flexibility index (Phi) is 5.11. The number of hydrogen-bond donors (Lipinski definition) is 3. The Hall–Kier alpha value is -1.54. The second kappa shape index (κ2) is 7.50. The predicted molar refractivity (Wildman–Crippen MR) is 126 cm³/mol.